The first-order valence-corrected chi connectivity index (χ1v) is 12.6. The maximum atomic E-state index is 13.5. The summed E-state index contributed by atoms with van der Waals surface area (Å²) in [5, 5.41) is 10.3. The quantitative estimate of drug-likeness (QED) is 0.245. The van der Waals surface area contributed by atoms with E-state index in [-0.39, 0.29) is 11.9 Å². The molecule has 0 aliphatic carbocycles. The highest BCUT2D eigenvalue weighted by atomic mass is 32.2. The van der Waals surface area contributed by atoms with E-state index in [1.165, 1.54) is 11.3 Å². The zero-order chi connectivity index (χ0) is 23.3. The molecule has 1 fully saturated rings. The molecule has 172 valence electrons. The number of thiophene rings is 1. The van der Waals surface area contributed by atoms with Gasteiger partial charge in [-0.05, 0) is 34.7 Å². The van der Waals surface area contributed by atoms with Crippen molar-refractivity contribution in [2.45, 2.75) is 22.4 Å². The predicted octanol–water partition coefficient (Wildman–Crippen LogP) is 5.68. The molecule has 5 rings (SSSR count). The first kappa shape index (κ1) is 22.4. The van der Waals surface area contributed by atoms with E-state index in [1.807, 2.05) is 66.0 Å². The molecule has 0 unspecified atom stereocenters. The van der Waals surface area contributed by atoms with Crippen molar-refractivity contribution in [3.8, 4) is 11.1 Å². The summed E-state index contributed by atoms with van der Waals surface area (Å²) >= 11 is 3.33. The third-order valence-corrected chi connectivity index (χ3v) is 7.61. The van der Waals surface area contributed by atoms with Crippen LogP contribution >= 0.6 is 23.1 Å². The van der Waals surface area contributed by atoms with Crippen LogP contribution in [0.4, 0.5) is 0 Å². The Morgan fingerprint density at radius 1 is 1.15 bits per heavy atom. The Morgan fingerprint density at radius 3 is 2.68 bits per heavy atom. The summed E-state index contributed by atoms with van der Waals surface area (Å²) in [7, 11) is 1.50. The first-order chi connectivity index (χ1) is 16.7. The average molecular weight is 491 g/mol. The van der Waals surface area contributed by atoms with Crippen LogP contribution in [0.5, 0.6) is 0 Å². The van der Waals surface area contributed by atoms with E-state index in [1.54, 1.807) is 28.0 Å². The van der Waals surface area contributed by atoms with Gasteiger partial charge in [-0.15, -0.1) is 23.1 Å². The van der Waals surface area contributed by atoms with Gasteiger partial charge >= 0.3 is 0 Å². The highest BCUT2D eigenvalue weighted by Crippen LogP contribution is 2.33. The fourth-order valence-corrected chi connectivity index (χ4v) is 5.51. The van der Waals surface area contributed by atoms with Crippen LogP contribution in [0.3, 0.4) is 0 Å². The van der Waals surface area contributed by atoms with E-state index in [4.69, 9.17) is 9.36 Å². The second-order valence-corrected chi connectivity index (χ2v) is 9.93. The highest BCUT2D eigenvalue weighted by molar-refractivity contribution is 8.00. The van der Waals surface area contributed by atoms with Crippen LogP contribution in [0, 0.1) is 0 Å². The van der Waals surface area contributed by atoms with Gasteiger partial charge in [0, 0.05) is 12.0 Å². The number of benzene rings is 2. The van der Waals surface area contributed by atoms with E-state index in [0.717, 1.165) is 16.8 Å². The number of aromatic nitrogens is 2. The van der Waals surface area contributed by atoms with Crippen LogP contribution in [0.1, 0.15) is 34.5 Å². The number of rotatable bonds is 7. The molecule has 0 radical (unpaired) electrons. The predicted molar refractivity (Wildman–Crippen MR) is 133 cm³/mol. The van der Waals surface area contributed by atoms with Gasteiger partial charge in [0.1, 0.15) is 13.2 Å². The Labute approximate surface area is 205 Å². The highest BCUT2D eigenvalue weighted by Gasteiger charge is 2.38. The van der Waals surface area contributed by atoms with Crippen molar-refractivity contribution >= 4 is 34.7 Å². The lowest BCUT2D eigenvalue weighted by atomic mass is 10.0. The molecule has 0 N–H and O–H groups in total. The molecule has 0 spiro atoms. The van der Waals surface area contributed by atoms with Crippen molar-refractivity contribution in [2.75, 3.05) is 13.7 Å². The van der Waals surface area contributed by atoms with Crippen molar-refractivity contribution in [3.63, 3.8) is 0 Å². The minimum atomic E-state index is -0.386. The second kappa shape index (κ2) is 10.2. The molecule has 1 aliphatic rings. The Bertz CT molecular complexity index is 1270. The van der Waals surface area contributed by atoms with Gasteiger partial charge in [0.05, 0.1) is 22.2 Å². The molecule has 1 amide bonds. The number of oxime groups is 1. The standard InChI is InChI=1S/C25H22N4O3S2/c1-31-27-20-14-21(24-26-22(28-32-24)16-34-23-8-5-13-33-23)29(15-20)25(30)19-11-9-18(10-12-19)17-6-3-2-4-7-17/h2-13,21H,14-16H2,1H3/b27-20-/t21-/m0/s1. The number of carbonyl (C=O) groups is 1. The summed E-state index contributed by atoms with van der Waals surface area (Å²) in [5.74, 6) is 1.51. The Balaban J connectivity index is 1.35. The Hall–Kier alpha value is -3.43. The summed E-state index contributed by atoms with van der Waals surface area (Å²) in [6.07, 6.45) is 0.487. The molecule has 0 bridgehead atoms. The van der Waals surface area contributed by atoms with E-state index < -0.39 is 0 Å². The number of thioether (sulfide) groups is 1. The molecule has 1 atom stereocenters. The average Bonchev–Trinajstić information content (AvgIpc) is 3.64. The van der Waals surface area contributed by atoms with Crippen LogP contribution in [0.25, 0.3) is 11.1 Å². The second-order valence-electron chi connectivity index (χ2n) is 7.71. The summed E-state index contributed by atoms with van der Waals surface area (Å²) in [6.45, 7) is 0.347. The van der Waals surface area contributed by atoms with Crippen LogP contribution in [-0.2, 0) is 10.6 Å². The van der Waals surface area contributed by atoms with Crippen LogP contribution in [-0.4, -0.2) is 40.3 Å². The van der Waals surface area contributed by atoms with Crippen LogP contribution in [0.2, 0.25) is 0 Å². The monoisotopic (exact) mass is 490 g/mol. The third kappa shape index (κ3) is 4.90. The largest absolute Gasteiger partial charge is 0.399 e. The summed E-state index contributed by atoms with van der Waals surface area (Å²) in [5.41, 5.74) is 3.52. The fraction of sp³-hybridized carbons (Fsp3) is 0.200. The van der Waals surface area contributed by atoms with E-state index in [2.05, 4.69) is 21.4 Å². The first-order valence-electron chi connectivity index (χ1n) is 10.8. The van der Waals surface area contributed by atoms with Gasteiger partial charge in [-0.25, -0.2) is 0 Å². The smallest absolute Gasteiger partial charge is 0.254 e. The summed E-state index contributed by atoms with van der Waals surface area (Å²) in [4.78, 5) is 24.7. The maximum absolute atomic E-state index is 13.5. The van der Waals surface area contributed by atoms with Gasteiger partial charge in [-0.3, -0.25) is 4.79 Å². The normalized spacial score (nSPS) is 16.8. The molecule has 1 aliphatic heterocycles. The Kier molecular flexibility index (Phi) is 6.73. The van der Waals surface area contributed by atoms with Gasteiger partial charge in [-0.2, -0.15) is 4.98 Å². The molecular formula is C25H22N4O3S2. The van der Waals surface area contributed by atoms with Crippen molar-refractivity contribution in [3.05, 3.63) is 89.4 Å². The topological polar surface area (TPSA) is 80.8 Å². The molecule has 2 aromatic carbocycles. The van der Waals surface area contributed by atoms with E-state index >= 15 is 0 Å². The fourth-order valence-electron chi connectivity index (χ4n) is 3.88. The molecule has 4 aromatic rings. The number of amides is 1. The molecular weight excluding hydrogens is 468 g/mol. The lowest BCUT2D eigenvalue weighted by molar-refractivity contribution is 0.0713. The number of carbonyl (C=O) groups excluding carboxylic acids is 1. The number of hydrogen-bond acceptors (Lipinski definition) is 8. The molecule has 2 aromatic heterocycles. The van der Waals surface area contributed by atoms with Crippen molar-refractivity contribution in [2.24, 2.45) is 5.16 Å². The zero-order valence-corrected chi connectivity index (χ0v) is 20.1. The number of likely N-dealkylation sites (tertiary alicyclic amines) is 1. The van der Waals surface area contributed by atoms with E-state index in [0.29, 0.717) is 36.0 Å². The number of hydrogen-bond donors (Lipinski definition) is 0. The van der Waals surface area contributed by atoms with Gasteiger partial charge in [0.25, 0.3) is 5.91 Å². The SMILES string of the molecule is CO/N=C1/C[C@@H](c2nc(CSc3cccs3)no2)N(C(=O)c2ccc(-c3ccccc3)cc2)C1. The summed E-state index contributed by atoms with van der Waals surface area (Å²) < 4.78 is 6.77. The minimum Gasteiger partial charge on any atom is -0.399 e. The molecule has 34 heavy (non-hydrogen) atoms. The number of nitrogens with zero attached hydrogens (tertiary/aromatic N) is 4. The molecule has 1 saturated heterocycles. The van der Waals surface area contributed by atoms with Crippen molar-refractivity contribution in [1.29, 1.82) is 0 Å². The molecule has 7 nitrogen and oxygen atoms in total. The molecule has 0 saturated carbocycles. The lowest BCUT2D eigenvalue weighted by Crippen LogP contribution is -2.31. The van der Waals surface area contributed by atoms with Crippen molar-refractivity contribution in [1.82, 2.24) is 15.0 Å². The minimum absolute atomic E-state index is 0.112. The maximum Gasteiger partial charge on any atom is 0.254 e. The van der Waals surface area contributed by atoms with Gasteiger partial charge in [-0.1, -0.05) is 58.8 Å². The van der Waals surface area contributed by atoms with Gasteiger partial charge in [0.15, 0.2) is 5.82 Å². The third-order valence-electron chi connectivity index (χ3n) is 5.49. The molecule has 9 heteroatoms. The zero-order valence-electron chi connectivity index (χ0n) is 18.5. The van der Waals surface area contributed by atoms with Gasteiger partial charge in [0.2, 0.25) is 5.89 Å². The summed E-state index contributed by atoms with van der Waals surface area (Å²) in [6, 6.07) is 21.4. The molecule has 3 heterocycles. The van der Waals surface area contributed by atoms with Crippen molar-refractivity contribution < 1.29 is 14.2 Å². The van der Waals surface area contributed by atoms with Crippen LogP contribution in [0.15, 0.2) is 86.0 Å². The van der Waals surface area contributed by atoms with Gasteiger partial charge < -0.3 is 14.3 Å². The van der Waals surface area contributed by atoms with E-state index in [9.17, 15) is 4.79 Å². The lowest BCUT2D eigenvalue weighted by Gasteiger charge is -2.21. The van der Waals surface area contributed by atoms with Crippen LogP contribution < -0.4 is 0 Å². The Morgan fingerprint density at radius 2 is 1.94 bits per heavy atom.